The lowest BCUT2D eigenvalue weighted by atomic mass is 9.85. The molecule has 0 amide bonds. The molecule has 0 atom stereocenters. The third kappa shape index (κ3) is 3.39. The Hall–Kier alpha value is -5.60. The first kappa shape index (κ1) is 13.8. The SMILES string of the molecule is [2H]c1c([2H])c([2H])c(-c2c3c([2H])c([2H])c([2H])c([2H])c3c(-c3cccc4c3oc3cc5cc(-c6ccccc6)oc5cc34)c3c([2H])c([2H])c([2H])c([2H])c23)c([2H])c1[2H]. The van der Waals surface area contributed by atoms with Crippen molar-refractivity contribution in [1.82, 2.24) is 0 Å². The summed E-state index contributed by atoms with van der Waals surface area (Å²) >= 11 is 0. The van der Waals surface area contributed by atoms with Crippen LogP contribution in [0.4, 0.5) is 0 Å². The van der Waals surface area contributed by atoms with Crippen LogP contribution in [0, 0.1) is 0 Å². The number of hydrogen-bond acceptors (Lipinski definition) is 2. The summed E-state index contributed by atoms with van der Waals surface area (Å²) in [5.41, 5.74) is 1.63. The van der Waals surface area contributed by atoms with Gasteiger partial charge in [-0.25, -0.2) is 0 Å². The van der Waals surface area contributed by atoms with E-state index in [1.54, 1.807) is 18.2 Å². The number of hydrogen-bond donors (Lipinski definition) is 0. The Bertz CT molecular complexity index is 3070. The average Bonchev–Trinajstić information content (AvgIpc) is 3.78. The van der Waals surface area contributed by atoms with Gasteiger partial charge in [-0.05, 0) is 50.9 Å². The van der Waals surface area contributed by atoms with Crippen molar-refractivity contribution in [2.75, 3.05) is 0 Å². The first-order chi connectivity index (χ1) is 26.2. The Balaban J connectivity index is 1.49. The Morgan fingerprint density at radius 2 is 1.12 bits per heavy atom. The van der Waals surface area contributed by atoms with Crippen LogP contribution in [0.3, 0.4) is 0 Å². The van der Waals surface area contributed by atoms with Crippen LogP contribution in [-0.2, 0) is 0 Å². The summed E-state index contributed by atoms with van der Waals surface area (Å²) < 4.78 is 127. The summed E-state index contributed by atoms with van der Waals surface area (Å²) in [6.45, 7) is 0. The predicted octanol–water partition coefficient (Wildman–Crippen LogP) is 11.6. The molecule has 0 N–H and O–H groups in total. The van der Waals surface area contributed by atoms with E-state index in [9.17, 15) is 5.48 Å². The zero-order chi connectivity index (χ0) is 38.9. The second kappa shape index (κ2) is 8.95. The maximum absolute atomic E-state index is 9.26. The van der Waals surface area contributed by atoms with Crippen molar-refractivity contribution in [1.29, 1.82) is 0 Å². The molecule has 2 nitrogen and oxygen atoms in total. The summed E-state index contributed by atoms with van der Waals surface area (Å²) in [4.78, 5) is 0. The molecule has 2 heteroatoms. The standard InChI is InChI=1S/C40H24O2/c1-3-12-25(13-4-1)35-22-27-23-37-34(24-36(27)41-35)32-20-11-21-33(40(32)42-37)39-30-18-9-7-16-28(30)38(26-14-5-2-6-15-26)29-17-8-10-19-31(29)39/h1-24H/i2D,5D,6D,7D,8D,9D,10D,14D,15D,16D,17D,18D,19D. The van der Waals surface area contributed by atoms with Crippen LogP contribution < -0.4 is 0 Å². The van der Waals surface area contributed by atoms with Gasteiger partial charge in [0.25, 0.3) is 0 Å². The van der Waals surface area contributed by atoms with Gasteiger partial charge in [-0.2, -0.15) is 0 Å². The predicted molar refractivity (Wildman–Crippen MR) is 175 cm³/mol. The molecule has 0 saturated heterocycles. The molecule has 0 saturated carbocycles. The molecular formula is C40H24O2. The Morgan fingerprint density at radius 3 is 1.83 bits per heavy atom. The highest BCUT2D eigenvalue weighted by atomic mass is 16.3. The normalized spacial score (nSPS) is 16.1. The van der Waals surface area contributed by atoms with Crippen molar-refractivity contribution < 1.29 is 26.7 Å². The van der Waals surface area contributed by atoms with Gasteiger partial charge in [0, 0.05) is 32.8 Å². The summed E-state index contributed by atoms with van der Waals surface area (Å²) in [6.07, 6.45) is 0. The number of fused-ring (bicyclic) bond motifs is 6. The largest absolute Gasteiger partial charge is 0.456 e. The van der Waals surface area contributed by atoms with Crippen molar-refractivity contribution in [2.45, 2.75) is 0 Å². The van der Waals surface area contributed by atoms with Gasteiger partial charge in [0.2, 0.25) is 0 Å². The third-order valence-corrected chi connectivity index (χ3v) is 7.59. The minimum absolute atomic E-state index is 0.000163. The average molecular weight is 550 g/mol. The zero-order valence-corrected chi connectivity index (χ0v) is 21.7. The number of rotatable bonds is 3. The molecule has 0 bridgehead atoms. The van der Waals surface area contributed by atoms with Gasteiger partial charge in [0.15, 0.2) is 0 Å². The Morgan fingerprint density at radius 1 is 0.452 bits per heavy atom. The van der Waals surface area contributed by atoms with E-state index in [4.69, 9.17) is 21.2 Å². The van der Waals surface area contributed by atoms with E-state index in [-0.39, 0.29) is 43.8 Å². The van der Waals surface area contributed by atoms with Gasteiger partial charge in [0.1, 0.15) is 22.5 Å². The van der Waals surface area contributed by atoms with Crippen molar-refractivity contribution in [2.24, 2.45) is 0 Å². The van der Waals surface area contributed by atoms with Gasteiger partial charge < -0.3 is 8.83 Å². The van der Waals surface area contributed by atoms with Gasteiger partial charge >= 0.3 is 0 Å². The van der Waals surface area contributed by atoms with Crippen molar-refractivity contribution >= 4 is 54.5 Å². The maximum Gasteiger partial charge on any atom is 0.143 e. The fourth-order valence-electron chi connectivity index (χ4n) is 5.79. The van der Waals surface area contributed by atoms with Gasteiger partial charge in [0.05, 0.1) is 17.8 Å². The summed E-state index contributed by atoms with van der Waals surface area (Å²) in [7, 11) is 0. The molecule has 0 aliphatic heterocycles. The van der Waals surface area contributed by atoms with E-state index in [2.05, 4.69) is 0 Å². The van der Waals surface area contributed by atoms with Crippen LogP contribution in [0.15, 0.2) is 154 Å². The highest BCUT2D eigenvalue weighted by molar-refractivity contribution is 6.24. The van der Waals surface area contributed by atoms with E-state index in [0.29, 0.717) is 27.7 Å². The van der Waals surface area contributed by atoms with E-state index in [1.165, 1.54) is 0 Å². The molecule has 0 aliphatic carbocycles. The first-order valence-corrected chi connectivity index (χ1v) is 13.2. The van der Waals surface area contributed by atoms with Gasteiger partial charge in [-0.3, -0.25) is 0 Å². The minimum Gasteiger partial charge on any atom is -0.456 e. The molecule has 42 heavy (non-hydrogen) atoms. The summed E-state index contributed by atoms with van der Waals surface area (Å²) in [6, 6.07) is 11.7. The lowest BCUT2D eigenvalue weighted by Crippen LogP contribution is -1.90. The molecule has 9 rings (SSSR count). The number of para-hydroxylation sites is 1. The van der Waals surface area contributed by atoms with E-state index in [1.807, 2.05) is 48.5 Å². The van der Waals surface area contributed by atoms with Crippen molar-refractivity contribution in [3.8, 4) is 33.6 Å². The van der Waals surface area contributed by atoms with Gasteiger partial charge in [-0.15, -0.1) is 0 Å². The molecule has 0 spiro atoms. The lowest BCUT2D eigenvalue weighted by molar-refractivity contribution is 0.631. The quantitative estimate of drug-likeness (QED) is 0.205. The fourth-order valence-corrected chi connectivity index (χ4v) is 5.79. The lowest BCUT2D eigenvalue weighted by Gasteiger charge is -2.17. The molecular weight excluding hydrogens is 512 g/mol. The highest BCUT2D eigenvalue weighted by Crippen LogP contribution is 2.46. The molecule has 9 aromatic rings. The topological polar surface area (TPSA) is 26.3 Å². The molecule has 0 aliphatic rings. The zero-order valence-electron chi connectivity index (χ0n) is 34.7. The molecule has 196 valence electrons. The van der Waals surface area contributed by atoms with E-state index < -0.39 is 84.1 Å². The van der Waals surface area contributed by atoms with Gasteiger partial charge in [-0.1, -0.05) is 127 Å². The molecule has 0 radical (unpaired) electrons. The molecule has 0 fully saturated rings. The number of benzene rings is 7. The number of furan rings is 2. The van der Waals surface area contributed by atoms with Crippen LogP contribution in [0.25, 0.3) is 88.0 Å². The second-order valence-corrected chi connectivity index (χ2v) is 9.90. The maximum atomic E-state index is 9.26. The van der Waals surface area contributed by atoms with Crippen molar-refractivity contribution in [3.63, 3.8) is 0 Å². The summed E-state index contributed by atoms with van der Waals surface area (Å²) in [5.74, 6) is 0.661. The Kier molecular flexibility index (Phi) is 2.95. The molecule has 2 aromatic heterocycles. The highest BCUT2D eigenvalue weighted by Gasteiger charge is 2.20. The fraction of sp³-hybridized carbons (Fsp3) is 0. The van der Waals surface area contributed by atoms with Crippen LogP contribution >= 0.6 is 0 Å². The molecule has 7 aromatic carbocycles. The van der Waals surface area contributed by atoms with Crippen LogP contribution in [-0.4, -0.2) is 0 Å². The van der Waals surface area contributed by atoms with E-state index >= 15 is 0 Å². The Labute approximate surface area is 260 Å². The smallest absolute Gasteiger partial charge is 0.143 e. The van der Waals surface area contributed by atoms with Crippen LogP contribution in [0.2, 0.25) is 0 Å². The van der Waals surface area contributed by atoms with E-state index in [0.717, 1.165) is 10.9 Å². The van der Waals surface area contributed by atoms with Crippen LogP contribution in [0.5, 0.6) is 0 Å². The molecule has 2 heterocycles. The first-order valence-electron chi connectivity index (χ1n) is 19.7. The second-order valence-electron chi connectivity index (χ2n) is 9.90. The third-order valence-electron chi connectivity index (χ3n) is 7.59. The summed E-state index contributed by atoms with van der Waals surface area (Å²) in [5, 5.41) is 1.08. The molecule has 0 unspecified atom stereocenters. The van der Waals surface area contributed by atoms with Crippen molar-refractivity contribution in [3.05, 3.63) is 145 Å². The minimum atomic E-state index is -0.725. The van der Waals surface area contributed by atoms with Crippen LogP contribution in [0.1, 0.15) is 17.8 Å². The monoisotopic (exact) mass is 549 g/mol.